The molecule has 2 heterocycles. The number of likely N-dealkylation sites (tertiary alicyclic amines) is 1. The van der Waals surface area contributed by atoms with Crippen LogP contribution in [0.5, 0.6) is 0 Å². The first kappa shape index (κ1) is 16.7. The molecular formula is C22H23N3O. The van der Waals surface area contributed by atoms with Gasteiger partial charge in [0, 0.05) is 13.1 Å². The SMILES string of the molecule is Cc1ccc(C[C@@H]2CCCN(C(=O)c3cnc4ccccc4n3)C2)cc1. The standard InChI is InChI=1S/C22H23N3O/c1-16-8-10-17(11-9-16)13-18-5-4-12-25(15-18)22(26)21-14-23-19-6-2-3-7-20(19)24-21/h2-3,6-11,14,18H,4-5,12-13,15H2,1H3/t18-/m0/s1. The van der Waals surface area contributed by atoms with Crippen LogP contribution in [0.25, 0.3) is 11.0 Å². The number of aryl methyl sites for hydroxylation is 1. The molecular weight excluding hydrogens is 322 g/mol. The van der Waals surface area contributed by atoms with Crippen LogP contribution in [0, 0.1) is 12.8 Å². The molecule has 4 rings (SSSR count). The van der Waals surface area contributed by atoms with E-state index in [4.69, 9.17) is 0 Å². The van der Waals surface area contributed by atoms with E-state index in [0.29, 0.717) is 11.6 Å². The van der Waals surface area contributed by atoms with E-state index in [-0.39, 0.29) is 5.91 Å². The van der Waals surface area contributed by atoms with Gasteiger partial charge in [0.15, 0.2) is 0 Å². The molecule has 4 heteroatoms. The summed E-state index contributed by atoms with van der Waals surface area (Å²) in [5, 5.41) is 0. The van der Waals surface area contributed by atoms with Crippen molar-refractivity contribution in [1.29, 1.82) is 0 Å². The first-order valence-corrected chi connectivity index (χ1v) is 9.25. The first-order chi connectivity index (χ1) is 12.7. The number of fused-ring (bicyclic) bond motifs is 1. The van der Waals surface area contributed by atoms with Gasteiger partial charge in [-0.1, -0.05) is 42.0 Å². The highest BCUT2D eigenvalue weighted by Gasteiger charge is 2.25. The van der Waals surface area contributed by atoms with Gasteiger partial charge in [0.25, 0.3) is 5.91 Å². The Kier molecular flexibility index (Phi) is 4.65. The van der Waals surface area contributed by atoms with E-state index >= 15 is 0 Å². The average Bonchev–Trinajstić information content (AvgIpc) is 2.69. The molecule has 0 aliphatic carbocycles. The van der Waals surface area contributed by atoms with Crippen molar-refractivity contribution in [2.75, 3.05) is 13.1 Å². The number of carbonyl (C=O) groups is 1. The van der Waals surface area contributed by atoms with Crippen LogP contribution in [0.3, 0.4) is 0 Å². The van der Waals surface area contributed by atoms with Crippen molar-refractivity contribution in [2.24, 2.45) is 5.92 Å². The molecule has 1 amide bonds. The van der Waals surface area contributed by atoms with E-state index in [1.54, 1.807) is 6.20 Å². The number of amides is 1. The minimum atomic E-state index is -0.00291. The highest BCUT2D eigenvalue weighted by molar-refractivity contribution is 5.93. The van der Waals surface area contributed by atoms with Crippen molar-refractivity contribution in [1.82, 2.24) is 14.9 Å². The minimum Gasteiger partial charge on any atom is -0.337 e. The second-order valence-corrected chi connectivity index (χ2v) is 7.19. The molecule has 1 aromatic heterocycles. The van der Waals surface area contributed by atoms with Gasteiger partial charge in [0.05, 0.1) is 17.2 Å². The molecule has 1 aliphatic rings. The third-order valence-electron chi connectivity index (χ3n) is 5.12. The van der Waals surface area contributed by atoms with Gasteiger partial charge in [-0.05, 0) is 49.8 Å². The molecule has 3 aromatic rings. The Bertz CT molecular complexity index is 920. The fourth-order valence-corrected chi connectivity index (χ4v) is 3.70. The summed E-state index contributed by atoms with van der Waals surface area (Å²) in [7, 11) is 0. The third-order valence-corrected chi connectivity index (χ3v) is 5.12. The number of para-hydroxylation sites is 2. The van der Waals surface area contributed by atoms with Gasteiger partial charge in [0.2, 0.25) is 0 Å². The van der Waals surface area contributed by atoms with E-state index < -0.39 is 0 Å². The van der Waals surface area contributed by atoms with Crippen molar-refractivity contribution in [3.05, 3.63) is 71.5 Å². The topological polar surface area (TPSA) is 46.1 Å². The summed E-state index contributed by atoms with van der Waals surface area (Å²) in [6, 6.07) is 16.4. The number of hydrogen-bond donors (Lipinski definition) is 0. The zero-order valence-electron chi connectivity index (χ0n) is 15.1. The van der Waals surface area contributed by atoms with Crippen molar-refractivity contribution in [3.8, 4) is 0 Å². The lowest BCUT2D eigenvalue weighted by atomic mass is 9.91. The summed E-state index contributed by atoms with van der Waals surface area (Å²) in [6.45, 7) is 3.70. The van der Waals surface area contributed by atoms with Gasteiger partial charge in [-0.25, -0.2) is 4.98 Å². The van der Waals surface area contributed by atoms with Crippen LogP contribution in [0.2, 0.25) is 0 Å². The number of benzene rings is 2. The van der Waals surface area contributed by atoms with Crippen LogP contribution in [0.4, 0.5) is 0 Å². The van der Waals surface area contributed by atoms with Crippen LogP contribution < -0.4 is 0 Å². The Labute approximate surface area is 153 Å². The van der Waals surface area contributed by atoms with Gasteiger partial charge in [-0.2, -0.15) is 0 Å². The summed E-state index contributed by atoms with van der Waals surface area (Å²) in [5.74, 6) is 0.501. The Balaban J connectivity index is 1.47. The molecule has 132 valence electrons. The Morgan fingerprint density at radius 3 is 2.69 bits per heavy atom. The monoisotopic (exact) mass is 345 g/mol. The van der Waals surface area contributed by atoms with Gasteiger partial charge >= 0.3 is 0 Å². The van der Waals surface area contributed by atoms with E-state index in [0.717, 1.165) is 37.0 Å². The predicted octanol–water partition coefficient (Wildman–Crippen LogP) is 4.03. The summed E-state index contributed by atoms with van der Waals surface area (Å²) in [5.41, 5.74) is 4.66. The lowest BCUT2D eigenvalue weighted by molar-refractivity contribution is 0.0667. The van der Waals surface area contributed by atoms with E-state index in [2.05, 4.69) is 41.2 Å². The molecule has 1 atom stereocenters. The fourth-order valence-electron chi connectivity index (χ4n) is 3.70. The van der Waals surface area contributed by atoms with Crippen molar-refractivity contribution >= 4 is 16.9 Å². The molecule has 1 fully saturated rings. The largest absolute Gasteiger partial charge is 0.337 e. The zero-order valence-corrected chi connectivity index (χ0v) is 15.1. The molecule has 0 spiro atoms. The summed E-state index contributed by atoms with van der Waals surface area (Å²) in [6.07, 6.45) is 4.84. The van der Waals surface area contributed by atoms with Crippen LogP contribution in [-0.2, 0) is 6.42 Å². The van der Waals surface area contributed by atoms with Crippen LogP contribution in [0.15, 0.2) is 54.7 Å². The molecule has 0 N–H and O–H groups in total. The zero-order chi connectivity index (χ0) is 17.9. The second kappa shape index (κ2) is 7.24. The average molecular weight is 345 g/mol. The van der Waals surface area contributed by atoms with Crippen molar-refractivity contribution < 1.29 is 4.79 Å². The Morgan fingerprint density at radius 2 is 1.88 bits per heavy atom. The highest BCUT2D eigenvalue weighted by atomic mass is 16.2. The number of aromatic nitrogens is 2. The number of hydrogen-bond acceptors (Lipinski definition) is 3. The molecule has 0 radical (unpaired) electrons. The first-order valence-electron chi connectivity index (χ1n) is 9.25. The maximum Gasteiger partial charge on any atom is 0.274 e. The molecule has 0 bridgehead atoms. The quantitative estimate of drug-likeness (QED) is 0.720. The molecule has 2 aromatic carbocycles. The van der Waals surface area contributed by atoms with Crippen molar-refractivity contribution in [3.63, 3.8) is 0 Å². The lowest BCUT2D eigenvalue weighted by Gasteiger charge is -2.32. The van der Waals surface area contributed by atoms with Crippen LogP contribution >= 0.6 is 0 Å². The maximum absolute atomic E-state index is 12.9. The number of nitrogens with zero attached hydrogens (tertiary/aromatic N) is 3. The van der Waals surface area contributed by atoms with Gasteiger partial charge in [-0.3, -0.25) is 9.78 Å². The summed E-state index contributed by atoms with van der Waals surface area (Å²) >= 11 is 0. The van der Waals surface area contributed by atoms with E-state index in [1.807, 2.05) is 29.2 Å². The third kappa shape index (κ3) is 3.59. The normalized spacial score (nSPS) is 17.4. The smallest absolute Gasteiger partial charge is 0.274 e. The molecule has 1 aliphatic heterocycles. The van der Waals surface area contributed by atoms with E-state index in [9.17, 15) is 4.79 Å². The molecule has 1 saturated heterocycles. The van der Waals surface area contributed by atoms with E-state index in [1.165, 1.54) is 17.5 Å². The number of piperidine rings is 1. The van der Waals surface area contributed by atoms with Gasteiger partial charge < -0.3 is 4.90 Å². The fraction of sp³-hybridized carbons (Fsp3) is 0.318. The Hall–Kier alpha value is -2.75. The Morgan fingerprint density at radius 1 is 1.12 bits per heavy atom. The number of carbonyl (C=O) groups excluding carboxylic acids is 1. The van der Waals surface area contributed by atoms with Crippen LogP contribution in [0.1, 0.15) is 34.5 Å². The summed E-state index contributed by atoms with van der Waals surface area (Å²) in [4.78, 5) is 23.8. The molecule has 0 unspecified atom stereocenters. The van der Waals surface area contributed by atoms with Gasteiger partial charge in [0.1, 0.15) is 5.69 Å². The molecule has 0 saturated carbocycles. The lowest BCUT2D eigenvalue weighted by Crippen LogP contribution is -2.40. The molecule has 26 heavy (non-hydrogen) atoms. The van der Waals surface area contributed by atoms with Crippen LogP contribution in [-0.4, -0.2) is 33.9 Å². The summed E-state index contributed by atoms with van der Waals surface area (Å²) < 4.78 is 0. The number of rotatable bonds is 3. The highest BCUT2D eigenvalue weighted by Crippen LogP contribution is 2.22. The molecule has 4 nitrogen and oxygen atoms in total. The maximum atomic E-state index is 12.9. The second-order valence-electron chi connectivity index (χ2n) is 7.19. The predicted molar refractivity (Wildman–Crippen MR) is 103 cm³/mol. The van der Waals surface area contributed by atoms with Crippen molar-refractivity contribution in [2.45, 2.75) is 26.2 Å². The van der Waals surface area contributed by atoms with Gasteiger partial charge in [-0.15, -0.1) is 0 Å². The minimum absolute atomic E-state index is 0.00291.